The first kappa shape index (κ1) is 28.0. The Bertz CT molecular complexity index is 1620. The molecule has 1 aliphatic heterocycles. The number of aromatic nitrogens is 2. The van der Waals surface area contributed by atoms with Crippen molar-refractivity contribution in [3.8, 4) is 11.3 Å². The number of amides is 2. The lowest BCUT2D eigenvalue weighted by molar-refractivity contribution is -0.138. The second-order valence-corrected chi connectivity index (χ2v) is 10.8. The van der Waals surface area contributed by atoms with Crippen molar-refractivity contribution < 1.29 is 27.2 Å². The van der Waals surface area contributed by atoms with E-state index in [9.17, 15) is 22.8 Å². The molecule has 6 rings (SSSR count). The van der Waals surface area contributed by atoms with Gasteiger partial charge in [-0.25, -0.2) is 0 Å². The molecule has 1 aliphatic carbocycles. The number of H-pyrrole nitrogens is 1. The van der Waals surface area contributed by atoms with E-state index in [1.165, 1.54) is 18.2 Å². The second-order valence-electron chi connectivity index (χ2n) is 10.8. The van der Waals surface area contributed by atoms with Crippen LogP contribution in [0.25, 0.3) is 22.2 Å². The van der Waals surface area contributed by atoms with E-state index in [1.54, 1.807) is 24.3 Å². The number of aromatic amines is 1. The highest BCUT2D eigenvalue weighted by Crippen LogP contribution is 2.35. The van der Waals surface area contributed by atoms with E-state index in [-0.39, 0.29) is 35.4 Å². The van der Waals surface area contributed by atoms with Crippen molar-refractivity contribution in [1.82, 2.24) is 20.0 Å². The van der Waals surface area contributed by atoms with Gasteiger partial charge in [0.15, 0.2) is 11.6 Å². The molecule has 2 aromatic carbocycles. The topological polar surface area (TPSA) is 107 Å². The van der Waals surface area contributed by atoms with Crippen molar-refractivity contribution in [2.45, 2.75) is 32.5 Å². The SMILES string of the molecule is CCN1CCN(Cc2ccc(NC(=O)c3ccc(-c4ccc5c(NC(=O)C6CC6)n[nH]c5c4)o3)cc2C(F)(F)F)CC1. The first-order chi connectivity index (χ1) is 20.2. The predicted octanol–water partition coefficient (Wildman–Crippen LogP) is 5.58. The largest absolute Gasteiger partial charge is 0.451 e. The summed E-state index contributed by atoms with van der Waals surface area (Å²) in [6, 6.07) is 12.3. The summed E-state index contributed by atoms with van der Waals surface area (Å²) in [5, 5.41) is 13.2. The van der Waals surface area contributed by atoms with Crippen LogP contribution < -0.4 is 10.6 Å². The second kappa shape index (κ2) is 11.3. The third-order valence-corrected chi connectivity index (χ3v) is 7.85. The molecule has 220 valence electrons. The molecule has 2 aromatic heterocycles. The number of alkyl halides is 3. The molecule has 12 heteroatoms. The minimum atomic E-state index is -4.56. The van der Waals surface area contributed by atoms with Crippen molar-refractivity contribution >= 4 is 34.2 Å². The van der Waals surface area contributed by atoms with Crippen molar-refractivity contribution in [1.29, 1.82) is 0 Å². The molecule has 3 N–H and O–H groups in total. The highest BCUT2D eigenvalue weighted by atomic mass is 19.4. The third-order valence-electron chi connectivity index (χ3n) is 7.85. The van der Waals surface area contributed by atoms with Crippen LogP contribution in [0.4, 0.5) is 24.7 Å². The molecule has 2 aliphatic rings. The molecule has 0 radical (unpaired) electrons. The maximum Gasteiger partial charge on any atom is 0.416 e. The number of nitrogens with one attached hydrogen (secondary N) is 3. The predicted molar refractivity (Wildman–Crippen MR) is 152 cm³/mol. The molecule has 0 atom stereocenters. The standard InChI is InChI=1S/C30H31F3N6O3/c1-2-38-11-13-39(14-12-38)17-20-5-7-21(16-23(20)30(31,32)33)34-29(41)26-10-9-25(42-26)19-6-8-22-24(15-19)36-37-27(22)35-28(40)18-3-4-18/h5-10,15-16,18H,2-4,11-14,17H2,1H3,(H,34,41)(H2,35,36,37,40). The van der Waals surface area contributed by atoms with E-state index in [2.05, 4.69) is 32.7 Å². The first-order valence-corrected chi connectivity index (χ1v) is 14.0. The average Bonchev–Trinajstić information content (AvgIpc) is 3.58. The van der Waals surface area contributed by atoms with Crippen LogP contribution in [0.15, 0.2) is 52.9 Å². The molecule has 1 saturated carbocycles. The Morgan fingerprint density at radius 3 is 2.48 bits per heavy atom. The number of rotatable bonds is 8. The Morgan fingerprint density at radius 1 is 1.00 bits per heavy atom. The molecule has 0 bridgehead atoms. The summed E-state index contributed by atoms with van der Waals surface area (Å²) in [7, 11) is 0. The van der Waals surface area contributed by atoms with Crippen LogP contribution in [-0.2, 0) is 17.5 Å². The highest BCUT2D eigenvalue weighted by molar-refractivity contribution is 6.03. The van der Waals surface area contributed by atoms with Gasteiger partial charge in [-0.3, -0.25) is 19.6 Å². The third kappa shape index (κ3) is 6.04. The van der Waals surface area contributed by atoms with Crippen LogP contribution in [-0.4, -0.2) is 64.5 Å². The average molecular weight is 581 g/mol. The quantitative estimate of drug-likeness (QED) is 0.251. The molecule has 0 unspecified atom stereocenters. The van der Waals surface area contributed by atoms with Crippen LogP contribution in [0.5, 0.6) is 0 Å². The lowest BCUT2D eigenvalue weighted by atomic mass is 10.0. The lowest BCUT2D eigenvalue weighted by Gasteiger charge is -2.34. The van der Waals surface area contributed by atoms with Crippen LogP contribution >= 0.6 is 0 Å². The Balaban J connectivity index is 1.14. The number of carbonyl (C=O) groups excluding carboxylic acids is 2. The number of likely N-dealkylation sites (N-methyl/N-ethyl adjacent to an activating group) is 1. The zero-order valence-electron chi connectivity index (χ0n) is 23.1. The fraction of sp³-hybridized carbons (Fsp3) is 0.367. The van der Waals surface area contributed by atoms with E-state index < -0.39 is 17.6 Å². The number of hydrogen-bond donors (Lipinski definition) is 3. The van der Waals surface area contributed by atoms with Crippen molar-refractivity contribution in [3.05, 3.63) is 65.4 Å². The summed E-state index contributed by atoms with van der Waals surface area (Å²) in [5.74, 6) is 0.153. The minimum absolute atomic E-state index is 0.0319. The zero-order valence-corrected chi connectivity index (χ0v) is 23.1. The molecule has 3 heterocycles. The molecule has 4 aromatic rings. The smallest absolute Gasteiger partial charge is 0.416 e. The maximum atomic E-state index is 14.0. The monoisotopic (exact) mass is 580 g/mol. The molecule has 2 amide bonds. The number of halogens is 3. The van der Waals surface area contributed by atoms with Gasteiger partial charge in [0.25, 0.3) is 5.91 Å². The molecular weight excluding hydrogens is 549 g/mol. The van der Waals surface area contributed by atoms with Gasteiger partial charge < -0.3 is 20.0 Å². The number of furan rings is 1. The summed E-state index contributed by atoms with van der Waals surface area (Å²) < 4.78 is 47.7. The van der Waals surface area contributed by atoms with Crippen molar-refractivity contribution in [2.75, 3.05) is 43.4 Å². The molecular formula is C30H31F3N6O3. The number of nitrogens with zero attached hydrogens (tertiary/aromatic N) is 3. The Hall–Kier alpha value is -4.16. The number of fused-ring (bicyclic) bond motifs is 1. The summed E-state index contributed by atoms with van der Waals surface area (Å²) in [6.45, 7) is 6.25. The number of anilines is 2. The van der Waals surface area contributed by atoms with E-state index in [4.69, 9.17) is 4.42 Å². The number of piperazine rings is 1. The van der Waals surface area contributed by atoms with Gasteiger partial charge in [0.2, 0.25) is 5.91 Å². The van der Waals surface area contributed by atoms with Crippen molar-refractivity contribution in [3.63, 3.8) is 0 Å². The number of carbonyl (C=O) groups is 2. The van der Waals surface area contributed by atoms with Gasteiger partial charge in [0, 0.05) is 55.3 Å². The highest BCUT2D eigenvalue weighted by Gasteiger charge is 2.34. The van der Waals surface area contributed by atoms with Gasteiger partial charge in [-0.1, -0.05) is 19.1 Å². The van der Waals surface area contributed by atoms with E-state index in [1.807, 2.05) is 4.90 Å². The maximum absolute atomic E-state index is 14.0. The van der Waals surface area contributed by atoms with Crippen LogP contribution in [0, 0.1) is 5.92 Å². The fourth-order valence-corrected chi connectivity index (χ4v) is 5.20. The van der Waals surface area contributed by atoms with Gasteiger partial charge in [0.05, 0.1) is 11.1 Å². The Morgan fingerprint density at radius 2 is 1.76 bits per heavy atom. The van der Waals surface area contributed by atoms with Gasteiger partial charge in [-0.05, 0) is 61.3 Å². The molecule has 1 saturated heterocycles. The molecule has 9 nitrogen and oxygen atoms in total. The Kier molecular flexibility index (Phi) is 7.50. The molecule has 42 heavy (non-hydrogen) atoms. The normalized spacial score (nSPS) is 16.6. The number of hydrogen-bond acceptors (Lipinski definition) is 6. The van der Waals surface area contributed by atoms with E-state index >= 15 is 0 Å². The minimum Gasteiger partial charge on any atom is -0.451 e. The summed E-state index contributed by atoms with van der Waals surface area (Å²) in [6.07, 6.45) is -2.79. The van der Waals surface area contributed by atoms with Gasteiger partial charge in [-0.2, -0.15) is 18.3 Å². The van der Waals surface area contributed by atoms with Gasteiger partial charge in [0.1, 0.15) is 5.76 Å². The summed E-state index contributed by atoms with van der Waals surface area (Å²) >= 11 is 0. The first-order valence-electron chi connectivity index (χ1n) is 14.0. The van der Waals surface area contributed by atoms with Crippen LogP contribution in [0.2, 0.25) is 0 Å². The van der Waals surface area contributed by atoms with E-state index in [0.717, 1.165) is 43.9 Å². The fourth-order valence-electron chi connectivity index (χ4n) is 5.20. The van der Waals surface area contributed by atoms with Crippen LogP contribution in [0.3, 0.4) is 0 Å². The summed E-state index contributed by atoms with van der Waals surface area (Å²) in [4.78, 5) is 29.3. The van der Waals surface area contributed by atoms with Crippen LogP contribution in [0.1, 0.15) is 41.4 Å². The van der Waals surface area contributed by atoms with Gasteiger partial charge >= 0.3 is 6.18 Å². The number of benzene rings is 2. The lowest BCUT2D eigenvalue weighted by Crippen LogP contribution is -2.45. The molecule has 0 spiro atoms. The Labute approximate surface area is 240 Å². The van der Waals surface area contributed by atoms with E-state index in [0.29, 0.717) is 35.7 Å². The zero-order chi connectivity index (χ0) is 29.4. The van der Waals surface area contributed by atoms with Gasteiger partial charge in [-0.15, -0.1) is 0 Å². The van der Waals surface area contributed by atoms with Crippen molar-refractivity contribution in [2.24, 2.45) is 5.92 Å². The molecule has 2 fully saturated rings. The summed E-state index contributed by atoms with van der Waals surface area (Å²) in [5.41, 5.74) is 0.778.